The maximum atomic E-state index is 12.1. The maximum absolute atomic E-state index is 12.1. The van der Waals surface area contributed by atoms with E-state index in [1.807, 2.05) is 97.1 Å². The van der Waals surface area contributed by atoms with Crippen molar-refractivity contribution in [3.63, 3.8) is 0 Å². The number of rotatable bonds is 9. The summed E-state index contributed by atoms with van der Waals surface area (Å²) < 4.78 is 5.55. The molecule has 6 rings (SSSR count). The van der Waals surface area contributed by atoms with Gasteiger partial charge in [0.15, 0.2) is 5.54 Å². The molecule has 0 atom stereocenters. The van der Waals surface area contributed by atoms with E-state index in [9.17, 15) is 10.1 Å². The number of hydrogen-bond acceptors (Lipinski definition) is 8. The summed E-state index contributed by atoms with van der Waals surface area (Å²) >= 11 is 0. The van der Waals surface area contributed by atoms with Crippen molar-refractivity contribution in [3.05, 3.63) is 148 Å². The molecular formula is C32H25N7O3. The molecule has 3 heterocycles. The highest BCUT2D eigenvalue weighted by atomic mass is 16.6. The van der Waals surface area contributed by atoms with Gasteiger partial charge < -0.3 is 4.74 Å². The maximum Gasteiger partial charge on any atom is 0.331 e. The van der Waals surface area contributed by atoms with Crippen molar-refractivity contribution in [2.45, 2.75) is 12.5 Å². The van der Waals surface area contributed by atoms with Crippen molar-refractivity contribution < 1.29 is 9.66 Å². The minimum absolute atomic E-state index is 0.0929. The van der Waals surface area contributed by atoms with Crippen LogP contribution in [-0.4, -0.2) is 41.7 Å². The molecular weight excluding hydrogens is 530 g/mol. The van der Waals surface area contributed by atoms with Crippen LogP contribution >= 0.6 is 0 Å². The lowest BCUT2D eigenvalue weighted by molar-refractivity contribution is -0.386. The number of ether oxygens (including phenoxy) is 1. The van der Waals surface area contributed by atoms with Crippen LogP contribution in [0.3, 0.4) is 0 Å². The molecule has 0 amide bonds. The van der Waals surface area contributed by atoms with Crippen molar-refractivity contribution >= 4 is 5.69 Å². The third-order valence-electron chi connectivity index (χ3n) is 6.91. The van der Waals surface area contributed by atoms with Gasteiger partial charge in [-0.2, -0.15) is 0 Å². The molecule has 0 N–H and O–H groups in total. The number of pyridine rings is 2. The molecule has 10 nitrogen and oxygen atoms in total. The van der Waals surface area contributed by atoms with Crippen molar-refractivity contribution in [1.29, 1.82) is 0 Å². The zero-order chi connectivity index (χ0) is 28.9. The minimum atomic E-state index is -1.01. The fraction of sp³-hybridized carbons (Fsp3) is 0.0938. The van der Waals surface area contributed by atoms with E-state index in [0.29, 0.717) is 16.8 Å². The summed E-state index contributed by atoms with van der Waals surface area (Å²) in [4.78, 5) is 21.9. The van der Waals surface area contributed by atoms with Gasteiger partial charge >= 0.3 is 5.69 Å². The summed E-state index contributed by atoms with van der Waals surface area (Å²) in [5, 5.41) is 26.0. The van der Waals surface area contributed by atoms with Gasteiger partial charge in [0, 0.05) is 24.0 Å². The predicted octanol–water partition coefficient (Wildman–Crippen LogP) is 5.94. The van der Waals surface area contributed by atoms with E-state index in [2.05, 4.69) is 20.3 Å². The Balaban J connectivity index is 1.64. The molecule has 0 aliphatic heterocycles. The molecule has 0 saturated heterocycles. The Morgan fingerprint density at radius 3 is 1.95 bits per heavy atom. The molecule has 10 heteroatoms. The highest BCUT2D eigenvalue weighted by Crippen LogP contribution is 2.41. The Morgan fingerprint density at radius 2 is 1.45 bits per heavy atom. The van der Waals surface area contributed by atoms with Gasteiger partial charge in [-0.1, -0.05) is 91.0 Å². The van der Waals surface area contributed by atoms with Gasteiger partial charge in [-0.15, -0.1) is 15.0 Å². The van der Waals surface area contributed by atoms with E-state index in [0.717, 1.165) is 16.7 Å². The fourth-order valence-electron chi connectivity index (χ4n) is 5.10. The molecule has 6 aromatic rings. The zero-order valence-electron chi connectivity index (χ0n) is 22.6. The van der Waals surface area contributed by atoms with Crippen LogP contribution in [0, 0.1) is 10.1 Å². The molecule has 0 aliphatic rings. The Bertz CT molecular complexity index is 1720. The summed E-state index contributed by atoms with van der Waals surface area (Å²) in [6.45, 7) is 1.95. The van der Waals surface area contributed by atoms with Crippen LogP contribution < -0.4 is 4.74 Å². The lowest BCUT2D eigenvalue weighted by atomic mass is 9.77. The summed E-state index contributed by atoms with van der Waals surface area (Å²) in [7, 11) is 0. The number of aromatic nitrogens is 6. The fourth-order valence-corrected chi connectivity index (χ4v) is 5.10. The molecule has 0 fully saturated rings. The van der Waals surface area contributed by atoms with Crippen LogP contribution in [0.5, 0.6) is 5.88 Å². The van der Waals surface area contributed by atoms with Gasteiger partial charge in [-0.3, -0.25) is 15.1 Å². The average Bonchev–Trinajstić information content (AvgIpc) is 3.54. The lowest BCUT2D eigenvalue weighted by Gasteiger charge is -2.34. The third-order valence-corrected chi connectivity index (χ3v) is 6.91. The molecule has 0 bridgehead atoms. The van der Waals surface area contributed by atoms with Gasteiger partial charge in [0.2, 0.25) is 5.82 Å². The summed E-state index contributed by atoms with van der Waals surface area (Å²) in [5.41, 5.74) is 2.78. The minimum Gasteiger partial charge on any atom is -0.473 e. The van der Waals surface area contributed by atoms with Gasteiger partial charge in [0.05, 0.1) is 22.8 Å². The van der Waals surface area contributed by atoms with Gasteiger partial charge in [-0.25, -0.2) is 4.98 Å². The molecule has 42 heavy (non-hydrogen) atoms. The monoisotopic (exact) mass is 555 g/mol. The average molecular weight is 556 g/mol. The number of hydrogen-bond donors (Lipinski definition) is 0. The van der Waals surface area contributed by atoms with Gasteiger partial charge in [0.1, 0.15) is 0 Å². The van der Waals surface area contributed by atoms with Crippen molar-refractivity contribution in [2.75, 3.05) is 6.61 Å². The van der Waals surface area contributed by atoms with E-state index in [1.54, 1.807) is 30.2 Å². The zero-order valence-corrected chi connectivity index (χ0v) is 22.6. The molecule has 3 aromatic carbocycles. The largest absolute Gasteiger partial charge is 0.473 e. The van der Waals surface area contributed by atoms with Crippen molar-refractivity contribution in [1.82, 2.24) is 30.2 Å². The normalized spacial score (nSPS) is 11.3. The van der Waals surface area contributed by atoms with E-state index in [1.165, 1.54) is 6.07 Å². The van der Waals surface area contributed by atoms with Crippen LogP contribution in [-0.2, 0) is 5.54 Å². The first-order chi connectivity index (χ1) is 20.6. The first-order valence-corrected chi connectivity index (χ1v) is 13.3. The first kappa shape index (κ1) is 26.5. The smallest absolute Gasteiger partial charge is 0.331 e. The quantitative estimate of drug-likeness (QED) is 0.122. The van der Waals surface area contributed by atoms with Gasteiger partial charge in [0.25, 0.3) is 5.88 Å². The Morgan fingerprint density at radius 1 is 0.857 bits per heavy atom. The molecule has 0 spiro atoms. The topological polar surface area (TPSA) is 122 Å². The highest BCUT2D eigenvalue weighted by Gasteiger charge is 2.41. The van der Waals surface area contributed by atoms with Crippen molar-refractivity contribution in [2.24, 2.45) is 0 Å². The van der Waals surface area contributed by atoms with Crippen molar-refractivity contribution in [3.8, 4) is 28.5 Å². The summed E-state index contributed by atoms with van der Waals surface area (Å²) in [6, 6.07) is 34.7. The van der Waals surface area contributed by atoms with Crippen LogP contribution in [0.4, 0.5) is 5.69 Å². The molecule has 206 valence electrons. The van der Waals surface area contributed by atoms with E-state index in [-0.39, 0.29) is 24.0 Å². The Hall–Kier alpha value is -5.77. The standard InChI is InChI=1S/C32H25N7O3/c1-2-42-31-28(38(40)41)21-27(29(34-31)23-13-12-20-33-22-23)30-35-37-39(36-30)32(24-14-6-3-7-15-24,25-16-8-4-9-17-25)26-18-10-5-11-19-26/h3-22H,2H2,1H3. The Labute approximate surface area is 241 Å². The van der Waals surface area contributed by atoms with Crippen LogP contribution in [0.15, 0.2) is 122 Å². The van der Waals surface area contributed by atoms with E-state index in [4.69, 9.17) is 9.84 Å². The predicted molar refractivity (Wildman–Crippen MR) is 157 cm³/mol. The second-order valence-electron chi connectivity index (χ2n) is 9.35. The number of nitro groups is 1. The first-order valence-electron chi connectivity index (χ1n) is 13.3. The molecule has 3 aromatic heterocycles. The lowest BCUT2D eigenvalue weighted by Crippen LogP contribution is -2.39. The van der Waals surface area contributed by atoms with Crippen LogP contribution in [0.2, 0.25) is 0 Å². The second-order valence-corrected chi connectivity index (χ2v) is 9.35. The second kappa shape index (κ2) is 11.4. The molecule has 0 saturated carbocycles. The summed E-state index contributed by atoms with van der Waals surface area (Å²) in [6.07, 6.45) is 3.26. The molecule has 0 radical (unpaired) electrons. The Kier molecular flexibility index (Phi) is 7.17. The highest BCUT2D eigenvalue weighted by molar-refractivity contribution is 5.79. The van der Waals surface area contributed by atoms with Gasteiger partial charge in [-0.05, 0) is 41.0 Å². The number of benzene rings is 3. The number of nitrogens with zero attached hydrogens (tertiary/aromatic N) is 7. The summed E-state index contributed by atoms with van der Waals surface area (Å²) in [5.74, 6) is 0.0735. The molecule has 0 unspecified atom stereocenters. The van der Waals surface area contributed by atoms with Crippen LogP contribution in [0.1, 0.15) is 23.6 Å². The van der Waals surface area contributed by atoms with E-state index < -0.39 is 10.5 Å². The number of tetrazole rings is 1. The SMILES string of the molecule is CCOc1nc(-c2cccnc2)c(-c2nnn(C(c3ccccc3)(c3ccccc3)c3ccccc3)n2)cc1[N+](=O)[O-]. The van der Waals surface area contributed by atoms with E-state index >= 15 is 0 Å². The third kappa shape index (κ3) is 4.64. The molecule has 0 aliphatic carbocycles. The van der Waals surface area contributed by atoms with Crippen LogP contribution in [0.25, 0.3) is 22.6 Å².